The third-order valence-corrected chi connectivity index (χ3v) is 1.47. The molecule has 0 bridgehead atoms. The molecule has 0 aromatic heterocycles. The number of carbonyl (C=O) groups is 1. The average molecular weight is 197 g/mol. The predicted octanol–water partition coefficient (Wildman–Crippen LogP) is -0.405. The Balaban J connectivity index is 0. The summed E-state index contributed by atoms with van der Waals surface area (Å²) < 4.78 is 0. The van der Waals surface area contributed by atoms with Gasteiger partial charge in [-0.25, -0.2) is 0 Å². The zero-order chi connectivity index (χ0) is 9.23. The topological polar surface area (TPSA) is 66.6 Å². The Morgan fingerprint density at radius 1 is 1.50 bits per heavy atom. The van der Waals surface area contributed by atoms with Crippen LogP contribution in [-0.4, -0.2) is 41.7 Å². The van der Waals surface area contributed by atoms with Gasteiger partial charge in [-0.3, -0.25) is 4.79 Å². The van der Waals surface area contributed by atoms with Crippen molar-refractivity contribution in [3.63, 3.8) is 0 Å². The first-order valence-corrected chi connectivity index (χ1v) is 3.46. The van der Waals surface area contributed by atoms with E-state index in [4.69, 9.17) is 5.73 Å². The summed E-state index contributed by atoms with van der Waals surface area (Å²) in [5.74, 6) is -0.266. The maximum atomic E-state index is 11.1. The van der Waals surface area contributed by atoms with Crippen molar-refractivity contribution < 1.29 is 9.90 Å². The van der Waals surface area contributed by atoms with Gasteiger partial charge in [0, 0.05) is 14.1 Å². The molecule has 0 radical (unpaired) electrons. The van der Waals surface area contributed by atoms with Crippen LogP contribution in [0.3, 0.4) is 0 Å². The van der Waals surface area contributed by atoms with Crippen LogP contribution in [0.1, 0.15) is 13.8 Å². The molecular formula is C7H17ClN2O2. The zero-order valence-corrected chi connectivity index (χ0v) is 8.68. The molecule has 0 heterocycles. The molecule has 0 saturated carbocycles. The minimum absolute atomic E-state index is 0. The highest BCUT2D eigenvalue weighted by atomic mass is 35.5. The molecule has 12 heavy (non-hydrogen) atoms. The Kier molecular flexibility index (Phi) is 5.50. The van der Waals surface area contributed by atoms with E-state index in [9.17, 15) is 9.90 Å². The molecule has 1 atom stereocenters. The van der Waals surface area contributed by atoms with Gasteiger partial charge in [-0.2, -0.15) is 0 Å². The molecule has 1 amide bonds. The second-order valence-electron chi connectivity index (χ2n) is 3.36. The fraction of sp³-hybridized carbons (Fsp3) is 0.857. The highest BCUT2D eigenvalue weighted by Crippen LogP contribution is 2.07. The summed E-state index contributed by atoms with van der Waals surface area (Å²) in [6, 6.07) is -0.850. The molecule has 0 aromatic carbocycles. The number of aliphatic hydroxyl groups is 1. The van der Waals surface area contributed by atoms with Gasteiger partial charge in [0.05, 0.1) is 5.60 Å². The van der Waals surface area contributed by atoms with E-state index in [-0.39, 0.29) is 18.3 Å². The fourth-order valence-corrected chi connectivity index (χ4v) is 0.580. The van der Waals surface area contributed by atoms with Gasteiger partial charge in [-0.15, -0.1) is 12.4 Å². The quantitative estimate of drug-likeness (QED) is 0.632. The lowest BCUT2D eigenvalue weighted by molar-refractivity contribution is -0.135. The van der Waals surface area contributed by atoms with E-state index in [1.54, 1.807) is 14.1 Å². The van der Waals surface area contributed by atoms with E-state index in [2.05, 4.69) is 0 Å². The highest BCUT2D eigenvalue weighted by molar-refractivity contribution is 5.85. The van der Waals surface area contributed by atoms with Crippen LogP contribution in [-0.2, 0) is 4.79 Å². The van der Waals surface area contributed by atoms with Gasteiger partial charge < -0.3 is 15.7 Å². The molecular weight excluding hydrogens is 180 g/mol. The Morgan fingerprint density at radius 3 is 1.92 bits per heavy atom. The highest BCUT2D eigenvalue weighted by Gasteiger charge is 2.30. The number of carbonyl (C=O) groups excluding carboxylic acids is 1. The van der Waals surface area contributed by atoms with Gasteiger partial charge in [0.25, 0.3) is 0 Å². The monoisotopic (exact) mass is 196 g/mol. The summed E-state index contributed by atoms with van der Waals surface area (Å²) in [4.78, 5) is 12.5. The molecule has 0 aliphatic carbocycles. The zero-order valence-electron chi connectivity index (χ0n) is 7.87. The first-order chi connectivity index (χ1) is 4.76. The van der Waals surface area contributed by atoms with Crippen LogP contribution >= 0.6 is 12.4 Å². The van der Waals surface area contributed by atoms with Crippen molar-refractivity contribution in [1.82, 2.24) is 4.90 Å². The van der Waals surface area contributed by atoms with E-state index in [0.717, 1.165) is 0 Å². The molecule has 4 nitrogen and oxygen atoms in total. The molecule has 0 spiro atoms. The largest absolute Gasteiger partial charge is 0.388 e. The summed E-state index contributed by atoms with van der Waals surface area (Å²) in [6.45, 7) is 3.03. The van der Waals surface area contributed by atoms with Gasteiger partial charge in [0.2, 0.25) is 5.91 Å². The maximum absolute atomic E-state index is 11.1. The third kappa shape index (κ3) is 3.90. The molecule has 0 unspecified atom stereocenters. The average Bonchev–Trinajstić information content (AvgIpc) is 1.82. The van der Waals surface area contributed by atoms with Crippen molar-refractivity contribution >= 4 is 18.3 Å². The maximum Gasteiger partial charge on any atom is 0.241 e. The lowest BCUT2D eigenvalue weighted by Gasteiger charge is -2.26. The lowest BCUT2D eigenvalue weighted by Crippen LogP contribution is -2.53. The summed E-state index contributed by atoms with van der Waals surface area (Å²) in [7, 11) is 3.21. The Bertz CT molecular complexity index is 154. The van der Waals surface area contributed by atoms with Crippen LogP contribution in [0, 0.1) is 0 Å². The summed E-state index contributed by atoms with van der Waals surface area (Å²) in [6.07, 6.45) is 0. The van der Waals surface area contributed by atoms with Gasteiger partial charge >= 0.3 is 0 Å². The molecule has 3 N–H and O–H groups in total. The number of hydrogen-bond acceptors (Lipinski definition) is 3. The molecule has 0 aromatic rings. The number of nitrogens with zero attached hydrogens (tertiary/aromatic N) is 1. The van der Waals surface area contributed by atoms with Crippen LogP contribution in [0.4, 0.5) is 0 Å². The van der Waals surface area contributed by atoms with Gasteiger partial charge in [-0.05, 0) is 13.8 Å². The fourth-order valence-electron chi connectivity index (χ4n) is 0.580. The minimum Gasteiger partial charge on any atom is -0.388 e. The molecule has 0 rings (SSSR count). The van der Waals surface area contributed by atoms with E-state index >= 15 is 0 Å². The van der Waals surface area contributed by atoms with Crippen molar-refractivity contribution in [2.45, 2.75) is 25.5 Å². The van der Waals surface area contributed by atoms with Gasteiger partial charge in [0.15, 0.2) is 0 Å². The second kappa shape index (κ2) is 4.64. The third-order valence-electron chi connectivity index (χ3n) is 1.47. The Hall–Kier alpha value is -0.320. The van der Waals surface area contributed by atoms with Gasteiger partial charge in [-0.1, -0.05) is 0 Å². The van der Waals surface area contributed by atoms with Gasteiger partial charge in [0.1, 0.15) is 6.04 Å². The van der Waals surface area contributed by atoms with Crippen LogP contribution in [0.15, 0.2) is 0 Å². The lowest BCUT2D eigenvalue weighted by atomic mass is 9.99. The number of likely N-dealkylation sites (N-methyl/N-ethyl adjacent to an activating group) is 1. The van der Waals surface area contributed by atoms with Crippen molar-refractivity contribution in [2.24, 2.45) is 5.73 Å². The SMILES string of the molecule is CN(C)C(=O)[C@@H](N)C(C)(C)O.Cl. The van der Waals surface area contributed by atoms with Crippen molar-refractivity contribution in [3.05, 3.63) is 0 Å². The van der Waals surface area contributed by atoms with Crippen LogP contribution in [0.25, 0.3) is 0 Å². The van der Waals surface area contributed by atoms with Crippen molar-refractivity contribution in [2.75, 3.05) is 14.1 Å². The standard InChI is InChI=1S/C7H16N2O2.ClH/c1-7(2,11)5(8)6(10)9(3)4;/h5,11H,8H2,1-4H3;1H/t5-;/m1./s1. The minimum atomic E-state index is -1.15. The summed E-state index contributed by atoms with van der Waals surface area (Å²) in [5.41, 5.74) is 4.30. The van der Waals surface area contributed by atoms with Crippen LogP contribution < -0.4 is 5.73 Å². The van der Waals surface area contributed by atoms with E-state index < -0.39 is 11.6 Å². The van der Waals surface area contributed by atoms with Crippen molar-refractivity contribution in [3.8, 4) is 0 Å². The van der Waals surface area contributed by atoms with Crippen LogP contribution in [0.5, 0.6) is 0 Å². The van der Waals surface area contributed by atoms with E-state index in [0.29, 0.717) is 0 Å². The predicted molar refractivity (Wildman–Crippen MR) is 50.2 cm³/mol. The number of rotatable bonds is 2. The number of nitrogens with two attached hydrogens (primary N) is 1. The smallest absolute Gasteiger partial charge is 0.241 e. The number of halogens is 1. The summed E-state index contributed by atoms with van der Waals surface area (Å²) >= 11 is 0. The second-order valence-corrected chi connectivity index (χ2v) is 3.36. The first-order valence-electron chi connectivity index (χ1n) is 3.46. The molecule has 0 fully saturated rings. The summed E-state index contributed by atoms with van der Waals surface area (Å²) in [5, 5.41) is 9.33. The normalized spacial score (nSPS) is 13.2. The number of hydrogen-bond donors (Lipinski definition) is 2. The molecule has 5 heteroatoms. The molecule has 0 aliphatic rings. The number of amides is 1. The van der Waals surface area contributed by atoms with Crippen LogP contribution in [0.2, 0.25) is 0 Å². The first kappa shape index (κ1) is 14.2. The van der Waals surface area contributed by atoms with E-state index in [1.165, 1.54) is 18.7 Å². The van der Waals surface area contributed by atoms with Crippen molar-refractivity contribution in [1.29, 1.82) is 0 Å². The Labute approximate surface area is 79.1 Å². The van der Waals surface area contributed by atoms with E-state index in [1.807, 2.05) is 0 Å². The Morgan fingerprint density at radius 2 is 1.83 bits per heavy atom. The molecule has 0 aliphatic heterocycles. The molecule has 74 valence electrons. The molecule has 0 saturated heterocycles.